The van der Waals surface area contributed by atoms with Crippen LogP contribution in [0, 0.1) is 0 Å². The first-order valence-corrected chi connectivity index (χ1v) is 6.41. The van der Waals surface area contributed by atoms with E-state index in [2.05, 4.69) is 0 Å². The average Bonchev–Trinajstić information content (AvgIpc) is 2.43. The first kappa shape index (κ1) is 13.7. The zero-order valence-electron chi connectivity index (χ0n) is 10.7. The molecule has 19 heavy (non-hydrogen) atoms. The molecular formula is C15H16ClNO2. The number of ether oxygens (including phenoxy) is 2. The van der Waals surface area contributed by atoms with Crippen LogP contribution in [0.25, 0.3) is 0 Å². The monoisotopic (exact) mass is 277 g/mol. The van der Waals surface area contributed by atoms with Crippen LogP contribution in [0.1, 0.15) is 5.56 Å². The Balaban J connectivity index is 2.21. The van der Waals surface area contributed by atoms with Gasteiger partial charge in [-0.15, -0.1) is 0 Å². The molecule has 0 unspecified atom stereocenters. The number of nitrogens with two attached hydrogens (primary N) is 1. The van der Waals surface area contributed by atoms with Gasteiger partial charge in [-0.25, -0.2) is 0 Å². The Morgan fingerprint density at radius 3 is 2.37 bits per heavy atom. The Bertz CT molecular complexity index is 540. The summed E-state index contributed by atoms with van der Waals surface area (Å²) in [6.45, 7) is 0.555. The highest BCUT2D eigenvalue weighted by atomic mass is 35.5. The van der Waals surface area contributed by atoms with E-state index in [1.54, 1.807) is 13.2 Å². The molecule has 2 N–H and O–H groups in total. The summed E-state index contributed by atoms with van der Waals surface area (Å²) in [5, 5.41) is 0.686. The summed E-state index contributed by atoms with van der Waals surface area (Å²) in [4.78, 5) is 0. The zero-order valence-corrected chi connectivity index (χ0v) is 11.5. The molecule has 2 aromatic rings. The Morgan fingerprint density at radius 2 is 1.74 bits per heavy atom. The molecular weight excluding hydrogens is 262 g/mol. The van der Waals surface area contributed by atoms with Crippen molar-refractivity contribution < 1.29 is 9.47 Å². The second-order valence-corrected chi connectivity index (χ2v) is 4.50. The third-order valence-electron chi connectivity index (χ3n) is 2.72. The molecule has 0 aliphatic carbocycles. The summed E-state index contributed by atoms with van der Waals surface area (Å²) in [5.74, 6) is 2.33. The van der Waals surface area contributed by atoms with Crippen LogP contribution in [-0.2, 0) is 6.42 Å². The van der Waals surface area contributed by atoms with Crippen molar-refractivity contribution in [1.82, 2.24) is 0 Å². The van der Waals surface area contributed by atoms with Crippen molar-refractivity contribution in [3.63, 3.8) is 0 Å². The van der Waals surface area contributed by atoms with Gasteiger partial charge in [0.1, 0.15) is 17.2 Å². The summed E-state index contributed by atoms with van der Waals surface area (Å²) in [5.41, 5.74) is 6.60. The lowest BCUT2D eigenvalue weighted by Crippen LogP contribution is -2.04. The van der Waals surface area contributed by atoms with Gasteiger partial charge in [0.05, 0.1) is 7.11 Å². The molecule has 0 amide bonds. The van der Waals surface area contributed by atoms with Crippen molar-refractivity contribution in [1.29, 1.82) is 0 Å². The van der Waals surface area contributed by atoms with Gasteiger partial charge in [-0.1, -0.05) is 11.6 Å². The van der Waals surface area contributed by atoms with E-state index >= 15 is 0 Å². The molecule has 0 atom stereocenters. The molecule has 0 radical (unpaired) electrons. The van der Waals surface area contributed by atoms with Gasteiger partial charge >= 0.3 is 0 Å². The van der Waals surface area contributed by atoms with Crippen LogP contribution in [0.15, 0.2) is 42.5 Å². The number of hydrogen-bond donors (Lipinski definition) is 1. The first-order valence-electron chi connectivity index (χ1n) is 6.03. The minimum Gasteiger partial charge on any atom is -0.497 e. The minimum absolute atomic E-state index is 0.555. The molecule has 100 valence electrons. The standard InChI is InChI=1S/C15H16ClNO2/c1-18-13-3-5-14(6-4-13)19-15-7-2-12(16)10-11(15)8-9-17/h2-7,10H,8-9,17H2,1H3. The largest absolute Gasteiger partial charge is 0.497 e. The van der Waals surface area contributed by atoms with Gasteiger partial charge < -0.3 is 15.2 Å². The molecule has 0 heterocycles. The summed E-state index contributed by atoms with van der Waals surface area (Å²) in [6, 6.07) is 13.0. The van der Waals surface area contributed by atoms with Crippen LogP contribution >= 0.6 is 11.6 Å². The van der Waals surface area contributed by atoms with Crippen molar-refractivity contribution in [2.45, 2.75) is 6.42 Å². The lowest BCUT2D eigenvalue weighted by atomic mass is 10.1. The van der Waals surface area contributed by atoms with Crippen molar-refractivity contribution >= 4 is 11.6 Å². The predicted octanol–water partition coefficient (Wildman–Crippen LogP) is 3.64. The maximum atomic E-state index is 5.98. The Kier molecular flexibility index (Phi) is 4.66. The van der Waals surface area contributed by atoms with Crippen molar-refractivity contribution in [2.24, 2.45) is 5.73 Å². The van der Waals surface area contributed by atoms with E-state index in [-0.39, 0.29) is 0 Å². The van der Waals surface area contributed by atoms with Crippen molar-refractivity contribution in [3.05, 3.63) is 53.1 Å². The molecule has 0 aliphatic rings. The van der Waals surface area contributed by atoms with Crippen LogP contribution in [0.5, 0.6) is 17.2 Å². The van der Waals surface area contributed by atoms with E-state index in [1.807, 2.05) is 36.4 Å². The molecule has 0 saturated heterocycles. The summed E-state index contributed by atoms with van der Waals surface area (Å²) < 4.78 is 11.0. The zero-order chi connectivity index (χ0) is 13.7. The molecule has 0 spiro atoms. The summed E-state index contributed by atoms with van der Waals surface area (Å²) >= 11 is 5.98. The summed E-state index contributed by atoms with van der Waals surface area (Å²) in [6.07, 6.45) is 0.728. The van der Waals surface area contributed by atoms with Gasteiger partial charge in [-0.05, 0) is 61.0 Å². The van der Waals surface area contributed by atoms with Crippen molar-refractivity contribution in [2.75, 3.05) is 13.7 Å². The molecule has 0 aliphatic heterocycles. The minimum atomic E-state index is 0.555. The molecule has 4 heteroatoms. The van der Waals surface area contributed by atoms with Gasteiger partial charge in [-0.3, -0.25) is 0 Å². The Hall–Kier alpha value is -1.71. The molecule has 0 aromatic heterocycles. The third kappa shape index (κ3) is 3.63. The Morgan fingerprint density at radius 1 is 1.05 bits per heavy atom. The molecule has 2 rings (SSSR count). The van der Waals surface area contributed by atoms with E-state index in [0.29, 0.717) is 11.6 Å². The van der Waals surface area contributed by atoms with Crippen molar-refractivity contribution in [3.8, 4) is 17.2 Å². The molecule has 3 nitrogen and oxygen atoms in total. The van der Waals surface area contributed by atoms with Gasteiger partial charge in [-0.2, -0.15) is 0 Å². The van der Waals surface area contributed by atoms with Crippen LogP contribution in [-0.4, -0.2) is 13.7 Å². The van der Waals surface area contributed by atoms with Gasteiger partial charge in [0, 0.05) is 5.02 Å². The highest BCUT2D eigenvalue weighted by Gasteiger charge is 2.06. The van der Waals surface area contributed by atoms with Gasteiger partial charge in [0.15, 0.2) is 0 Å². The van der Waals surface area contributed by atoms with E-state index in [1.165, 1.54) is 0 Å². The van der Waals surface area contributed by atoms with Crippen LogP contribution in [0.3, 0.4) is 0 Å². The lowest BCUT2D eigenvalue weighted by Gasteiger charge is -2.11. The van der Waals surface area contributed by atoms with E-state index in [9.17, 15) is 0 Å². The third-order valence-corrected chi connectivity index (χ3v) is 2.96. The quantitative estimate of drug-likeness (QED) is 0.907. The highest BCUT2D eigenvalue weighted by molar-refractivity contribution is 6.30. The number of benzene rings is 2. The molecule has 0 fully saturated rings. The predicted molar refractivity (Wildman–Crippen MR) is 77.3 cm³/mol. The van der Waals surface area contributed by atoms with Gasteiger partial charge in [0.25, 0.3) is 0 Å². The van der Waals surface area contributed by atoms with E-state index in [4.69, 9.17) is 26.8 Å². The number of halogens is 1. The number of rotatable bonds is 5. The molecule has 2 aromatic carbocycles. The normalized spacial score (nSPS) is 10.3. The number of methoxy groups -OCH3 is 1. The second kappa shape index (κ2) is 6.45. The van der Waals surface area contributed by atoms with Crippen LogP contribution in [0.2, 0.25) is 5.02 Å². The molecule has 0 saturated carbocycles. The fraction of sp³-hybridized carbons (Fsp3) is 0.200. The number of hydrogen-bond acceptors (Lipinski definition) is 3. The van der Waals surface area contributed by atoms with Crippen LogP contribution < -0.4 is 15.2 Å². The molecule has 0 bridgehead atoms. The van der Waals surface area contributed by atoms with Crippen LogP contribution in [0.4, 0.5) is 0 Å². The van der Waals surface area contributed by atoms with E-state index < -0.39 is 0 Å². The second-order valence-electron chi connectivity index (χ2n) is 4.07. The van der Waals surface area contributed by atoms with E-state index in [0.717, 1.165) is 29.2 Å². The summed E-state index contributed by atoms with van der Waals surface area (Å²) in [7, 11) is 1.63. The fourth-order valence-electron chi connectivity index (χ4n) is 1.77. The first-order chi connectivity index (χ1) is 9.22. The SMILES string of the molecule is COc1ccc(Oc2ccc(Cl)cc2CCN)cc1. The topological polar surface area (TPSA) is 44.5 Å². The Labute approximate surface area is 117 Å². The smallest absolute Gasteiger partial charge is 0.130 e. The fourth-order valence-corrected chi connectivity index (χ4v) is 1.96. The average molecular weight is 278 g/mol. The van der Waals surface area contributed by atoms with Gasteiger partial charge in [0.2, 0.25) is 0 Å². The maximum Gasteiger partial charge on any atom is 0.130 e. The highest BCUT2D eigenvalue weighted by Crippen LogP contribution is 2.29. The lowest BCUT2D eigenvalue weighted by molar-refractivity contribution is 0.412. The maximum absolute atomic E-state index is 5.98.